The summed E-state index contributed by atoms with van der Waals surface area (Å²) in [5.41, 5.74) is 3.34. The first-order valence-corrected chi connectivity index (χ1v) is 12.6. The van der Waals surface area contributed by atoms with Gasteiger partial charge >= 0.3 is 0 Å². The molecule has 1 aromatic heterocycles. The van der Waals surface area contributed by atoms with Gasteiger partial charge in [-0.2, -0.15) is 18.6 Å². The fraction of sp³-hybridized carbons (Fsp3) is 0.174. The zero-order valence-electron chi connectivity index (χ0n) is 18.0. The number of fused-ring (bicyclic) bond motifs is 1. The van der Waals surface area contributed by atoms with Gasteiger partial charge in [-0.25, -0.2) is 4.98 Å². The SMILES string of the molecule is COc1ccc2nc(-c3ccc(/N=N/c4ccc(OCCOS(C)(=O)=O)cc4)cc3)sc2c1. The van der Waals surface area contributed by atoms with Gasteiger partial charge in [-0.3, -0.25) is 4.18 Å². The van der Waals surface area contributed by atoms with E-state index in [4.69, 9.17) is 9.47 Å². The number of methoxy groups -OCH3 is 1. The summed E-state index contributed by atoms with van der Waals surface area (Å²) in [6.07, 6.45) is 0.999. The lowest BCUT2D eigenvalue weighted by Gasteiger charge is -2.05. The van der Waals surface area contributed by atoms with Crippen LogP contribution in [0.5, 0.6) is 11.5 Å². The van der Waals surface area contributed by atoms with E-state index in [-0.39, 0.29) is 13.2 Å². The monoisotopic (exact) mass is 483 g/mol. The van der Waals surface area contributed by atoms with Crippen molar-refractivity contribution in [3.63, 3.8) is 0 Å². The molecule has 0 spiro atoms. The number of azo groups is 1. The van der Waals surface area contributed by atoms with Crippen LogP contribution in [0.15, 0.2) is 77.0 Å². The Kier molecular flexibility index (Phi) is 6.97. The van der Waals surface area contributed by atoms with Gasteiger partial charge in [0.05, 0.1) is 35.0 Å². The summed E-state index contributed by atoms with van der Waals surface area (Å²) in [5.74, 6) is 1.40. The molecule has 0 amide bonds. The maximum atomic E-state index is 10.9. The van der Waals surface area contributed by atoms with Gasteiger partial charge < -0.3 is 9.47 Å². The number of nitrogens with zero attached hydrogens (tertiary/aromatic N) is 3. The van der Waals surface area contributed by atoms with Crippen molar-refractivity contribution < 1.29 is 22.1 Å². The second-order valence-electron chi connectivity index (χ2n) is 6.97. The van der Waals surface area contributed by atoms with Crippen molar-refractivity contribution in [1.29, 1.82) is 0 Å². The summed E-state index contributed by atoms with van der Waals surface area (Å²) >= 11 is 1.61. The number of hydrogen-bond donors (Lipinski definition) is 0. The van der Waals surface area contributed by atoms with E-state index in [9.17, 15) is 8.42 Å². The van der Waals surface area contributed by atoms with Crippen LogP contribution in [0.4, 0.5) is 11.4 Å². The molecule has 10 heteroatoms. The highest BCUT2D eigenvalue weighted by Crippen LogP contribution is 2.33. The van der Waals surface area contributed by atoms with Crippen LogP contribution >= 0.6 is 11.3 Å². The molecule has 0 aliphatic heterocycles. The minimum Gasteiger partial charge on any atom is -0.497 e. The Balaban J connectivity index is 1.36. The van der Waals surface area contributed by atoms with E-state index in [0.717, 1.165) is 38.5 Å². The minimum atomic E-state index is -3.46. The normalized spacial score (nSPS) is 11.8. The molecule has 0 saturated carbocycles. The van der Waals surface area contributed by atoms with Crippen LogP contribution in [0, 0.1) is 0 Å². The van der Waals surface area contributed by atoms with Crippen LogP contribution in [0.1, 0.15) is 0 Å². The molecule has 3 aromatic carbocycles. The standard InChI is InChI=1S/C23H21N3O5S2/c1-29-20-11-12-21-22(15-20)32-23(24-21)16-3-5-17(6-4-16)25-26-18-7-9-19(10-8-18)30-13-14-31-33(2,27)28/h3-12,15H,13-14H2,1-2H3/b26-25+. The Morgan fingerprint density at radius 1 is 0.879 bits per heavy atom. The second kappa shape index (κ2) is 10.1. The third-order valence-corrected chi connectivity index (χ3v) is 6.14. The van der Waals surface area contributed by atoms with E-state index < -0.39 is 10.1 Å². The second-order valence-corrected chi connectivity index (χ2v) is 9.64. The number of rotatable bonds is 9. The molecule has 0 fully saturated rings. The number of aromatic nitrogens is 1. The average Bonchev–Trinajstić information content (AvgIpc) is 3.24. The number of hydrogen-bond acceptors (Lipinski definition) is 9. The number of benzene rings is 3. The third-order valence-electron chi connectivity index (χ3n) is 4.48. The van der Waals surface area contributed by atoms with E-state index in [2.05, 4.69) is 19.4 Å². The van der Waals surface area contributed by atoms with Gasteiger partial charge in [0.15, 0.2) is 0 Å². The van der Waals surface area contributed by atoms with E-state index in [1.54, 1.807) is 42.7 Å². The van der Waals surface area contributed by atoms with Crippen molar-refractivity contribution in [3.8, 4) is 22.1 Å². The van der Waals surface area contributed by atoms with E-state index in [1.165, 1.54) is 0 Å². The van der Waals surface area contributed by atoms with Crippen LogP contribution in [-0.2, 0) is 14.3 Å². The minimum absolute atomic E-state index is 0.0402. The summed E-state index contributed by atoms with van der Waals surface area (Å²) < 4.78 is 38.3. The topological polar surface area (TPSA) is 99.4 Å². The Bertz CT molecular complexity index is 1370. The first-order valence-electron chi connectivity index (χ1n) is 9.94. The zero-order chi connectivity index (χ0) is 23.3. The maximum absolute atomic E-state index is 10.9. The Morgan fingerprint density at radius 2 is 1.52 bits per heavy atom. The Labute approximate surface area is 195 Å². The highest BCUT2D eigenvalue weighted by Gasteiger charge is 2.07. The lowest BCUT2D eigenvalue weighted by Crippen LogP contribution is -2.11. The molecule has 0 N–H and O–H groups in total. The van der Waals surface area contributed by atoms with Crippen LogP contribution in [-0.4, -0.2) is 40.0 Å². The fourth-order valence-electron chi connectivity index (χ4n) is 2.90. The van der Waals surface area contributed by atoms with E-state index in [1.807, 2.05) is 42.5 Å². The molecule has 0 aliphatic carbocycles. The molecule has 0 bridgehead atoms. The Morgan fingerprint density at radius 3 is 2.15 bits per heavy atom. The molecule has 0 radical (unpaired) electrons. The first kappa shape index (κ1) is 22.8. The Hall–Kier alpha value is -3.34. The van der Waals surface area contributed by atoms with Crippen LogP contribution < -0.4 is 9.47 Å². The van der Waals surface area contributed by atoms with Gasteiger partial charge in [-0.15, -0.1) is 11.3 Å². The van der Waals surface area contributed by atoms with Crippen molar-refractivity contribution >= 4 is 43.0 Å². The molecule has 33 heavy (non-hydrogen) atoms. The molecular formula is C23H21N3O5S2. The summed E-state index contributed by atoms with van der Waals surface area (Å²) in [7, 11) is -1.81. The molecular weight excluding hydrogens is 462 g/mol. The summed E-state index contributed by atoms with van der Waals surface area (Å²) in [6, 6.07) is 20.6. The fourth-order valence-corrected chi connectivity index (χ4v) is 4.27. The maximum Gasteiger partial charge on any atom is 0.264 e. The predicted molar refractivity (Wildman–Crippen MR) is 129 cm³/mol. The summed E-state index contributed by atoms with van der Waals surface area (Å²) in [5, 5.41) is 9.44. The van der Waals surface area contributed by atoms with Crippen molar-refractivity contribution in [2.75, 3.05) is 26.6 Å². The summed E-state index contributed by atoms with van der Waals surface area (Å²) in [6.45, 7) is 0.0873. The smallest absolute Gasteiger partial charge is 0.264 e. The van der Waals surface area contributed by atoms with Gasteiger partial charge in [0.25, 0.3) is 10.1 Å². The van der Waals surface area contributed by atoms with Crippen LogP contribution in [0.2, 0.25) is 0 Å². The molecule has 170 valence electrons. The lowest BCUT2D eigenvalue weighted by molar-refractivity contribution is 0.222. The zero-order valence-corrected chi connectivity index (χ0v) is 19.6. The molecule has 0 aliphatic rings. The number of ether oxygens (including phenoxy) is 2. The molecule has 1 heterocycles. The van der Waals surface area contributed by atoms with Gasteiger partial charge in [0, 0.05) is 5.56 Å². The highest BCUT2D eigenvalue weighted by atomic mass is 32.2. The number of thiazole rings is 1. The predicted octanol–water partition coefficient (Wildman–Crippen LogP) is 5.74. The first-order chi connectivity index (χ1) is 15.9. The average molecular weight is 484 g/mol. The van der Waals surface area contributed by atoms with Crippen molar-refractivity contribution in [3.05, 3.63) is 66.7 Å². The van der Waals surface area contributed by atoms with Gasteiger partial charge in [0.2, 0.25) is 0 Å². The van der Waals surface area contributed by atoms with Crippen molar-refractivity contribution in [2.24, 2.45) is 10.2 Å². The molecule has 4 rings (SSSR count). The van der Waals surface area contributed by atoms with Crippen molar-refractivity contribution in [1.82, 2.24) is 4.98 Å². The molecule has 8 nitrogen and oxygen atoms in total. The highest BCUT2D eigenvalue weighted by molar-refractivity contribution is 7.85. The lowest BCUT2D eigenvalue weighted by atomic mass is 10.2. The molecule has 0 unspecified atom stereocenters. The van der Waals surface area contributed by atoms with E-state index >= 15 is 0 Å². The quantitative estimate of drug-likeness (QED) is 0.171. The van der Waals surface area contributed by atoms with Crippen molar-refractivity contribution in [2.45, 2.75) is 0 Å². The molecule has 4 aromatic rings. The van der Waals surface area contributed by atoms with E-state index in [0.29, 0.717) is 11.4 Å². The van der Waals surface area contributed by atoms with Gasteiger partial charge in [-0.1, -0.05) is 0 Å². The molecule has 0 atom stereocenters. The largest absolute Gasteiger partial charge is 0.497 e. The van der Waals surface area contributed by atoms with Gasteiger partial charge in [-0.05, 0) is 66.7 Å². The third kappa shape index (κ3) is 6.35. The summed E-state index contributed by atoms with van der Waals surface area (Å²) in [4.78, 5) is 4.69. The van der Waals surface area contributed by atoms with Gasteiger partial charge in [0.1, 0.15) is 29.7 Å². The molecule has 0 saturated heterocycles. The van der Waals surface area contributed by atoms with Crippen LogP contribution in [0.25, 0.3) is 20.8 Å². The van der Waals surface area contributed by atoms with Crippen LogP contribution in [0.3, 0.4) is 0 Å².